The van der Waals surface area contributed by atoms with Gasteiger partial charge in [-0.1, -0.05) is 35.3 Å². The Balaban J connectivity index is 1.68. The predicted molar refractivity (Wildman–Crippen MR) is 112 cm³/mol. The molecule has 1 fully saturated rings. The first-order valence-electron chi connectivity index (χ1n) is 9.22. The number of hydrogen-bond donors (Lipinski definition) is 0. The van der Waals surface area contributed by atoms with Crippen LogP contribution in [0.2, 0.25) is 5.02 Å². The fraction of sp³-hybridized carbons (Fsp3) is 0.364. The summed E-state index contributed by atoms with van der Waals surface area (Å²) < 4.78 is 5.44. The average molecular weight is 399 g/mol. The second kappa shape index (κ2) is 8.16. The Morgan fingerprint density at radius 2 is 1.96 bits per heavy atom. The summed E-state index contributed by atoms with van der Waals surface area (Å²) in [6.07, 6.45) is 6.46. The second-order valence-corrected chi connectivity index (χ2v) is 8.51. The van der Waals surface area contributed by atoms with Crippen LogP contribution in [0.15, 0.2) is 46.2 Å². The summed E-state index contributed by atoms with van der Waals surface area (Å²) in [5, 5.41) is 0.800. The Bertz CT molecular complexity index is 871. The maximum Gasteiger partial charge on any atom is 0.120 e. The van der Waals surface area contributed by atoms with E-state index in [1.54, 1.807) is 7.11 Å². The quantitative estimate of drug-likeness (QED) is 0.714. The maximum absolute atomic E-state index is 6.38. The number of benzene rings is 2. The van der Waals surface area contributed by atoms with Crippen LogP contribution in [0.5, 0.6) is 5.75 Å². The van der Waals surface area contributed by atoms with Crippen molar-refractivity contribution in [2.24, 2.45) is 0 Å². The van der Waals surface area contributed by atoms with E-state index in [2.05, 4.69) is 46.1 Å². The molecule has 0 saturated carbocycles. The summed E-state index contributed by atoms with van der Waals surface area (Å²) in [4.78, 5) is 7.48. The van der Waals surface area contributed by atoms with Crippen molar-refractivity contribution in [3.8, 4) is 18.1 Å². The minimum atomic E-state index is 0.328. The number of rotatable bonds is 3. The normalized spacial score (nSPS) is 20.3. The second-order valence-electron chi connectivity index (χ2n) is 6.99. The van der Waals surface area contributed by atoms with Crippen LogP contribution in [-0.2, 0) is 6.42 Å². The minimum absolute atomic E-state index is 0.328. The monoisotopic (exact) mass is 398 g/mol. The topological polar surface area (TPSA) is 15.7 Å². The van der Waals surface area contributed by atoms with Gasteiger partial charge in [0.25, 0.3) is 0 Å². The molecule has 0 N–H and O–H groups in total. The van der Waals surface area contributed by atoms with E-state index < -0.39 is 0 Å². The molecule has 3 nitrogen and oxygen atoms in total. The van der Waals surface area contributed by atoms with E-state index in [0.29, 0.717) is 6.04 Å². The molecule has 0 spiro atoms. The van der Waals surface area contributed by atoms with Crippen molar-refractivity contribution in [2.45, 2.75) is 22.3 Å². The van der Waals surface area contributed by atoms with Crippen molar-refractivity contribution in [1.29, 1.82) is 0 Å². The molecule has 1 saturated heterocycles. The summed E-state index contributed by atoms with van der Waals surface area (Å²) in [6, 6.07) is 13.0. The van der Waals surface area contributed by atoms with Crippen LogP contribution in [0.4, 0.5) is 0 Å². The number of piperazine rings is 1. The van der Waals surface area contributed by atoms with Gasteiger partial charge in [0.2, 0.25) is 0 Å². The standard InChI is InChI=1S/C22H23ClN2OS/c1-3-8-24-9-11-25(12-10-24)20-13-16-4-6-18(26-2)15-22(16)27-21-7-5-17(23)14-19(20)21/h1,4-7,14-15,20H,8-13H2,2H3. The van der Waals surface area contributed by atoms with Crippen LogP contribution in [0.25, 0.3) is 0 Å². The summed E-state index contributed by atoms with van der Waals surface area (Å²) in [7, 11) is 1.72. The number of halogens is 1. The largest absolute Gasteiger partial charge is 0.497 e. The SMILES string of the molecule is C#CCN1CCN(C2Cc3ccc(OC)cc3Sc3ccc(Cl)cc32)CC1. The molecule has 1 unspecified atom stereocenters. The van der Waals surface area contributed by atoms with Gasteiger partial charge in [-0.2, -0.15) is 0 Å². The van der Waals surface area contributed by atoms with Gasteiger partial charge in [-0.25, -0.2) is 0 Å². The molecule has 0 amide bonds. The Morgan fingerprint density at radius 1 is 1.15 bits per heavy atom. The number of ether oxygens (including phenoxy) is 1. The third-order valence-electron chi connectivity index (χ3n) is 5.40. The highest BCUT2D eigenvalue weighted by Crippen LogP contribution is 2.44. The zero-order valence-electron chi connectivity index (χ0n) is 15.5. The molecule has 27 heavy (non-hydrogen) atoms. The summed E-state index contributed by atoms with van der Waals surface area (Å²) >= 11 is 8.20. The zero-order chi connectivity index (χ0) is 18.8. The molecule has 2 aromatic rings. The number of methoxy groups -OCH3 is 1. The Labute approximate surface area is 170 Å². The third-order valence-corrected chi connectivity index (χ3v) is 6.83. The number of hydrogen-bond acceptors (Lipinski definition) is 4. The fourth-order valence-corrected chi connectivity index (χ4v) is 5.25. The van der Waals surface area contributed by atoms with Crippen LogP contribution in [0, 0.1) is 12.3 Å². The molecule has 5 heteroatoms. The molecule has 2 aliphatic rings. The summed E-state index contributed by atoms with van der Waals surface area (Å²) in [6.45, 7) is 4.81. The van der Waals surface area contributed by atoms with Gasteiger partial charge in [-0.05, 0) is 47.9 Å². The van der Waals surface area contributed by atoms with E-state index in [0.717, 1.165) is 49.9 Å². The van der Waals surface area contributed by atoms with Crippen LogP contribution >= 0.6 is 23.4 Å². The number of fused-ring (bicyclic) bond motifs is 2. The lowest BCUT2D eigenvalue weighted by Gasteiger charge is -2.39. The molecule has 2 heterocycles. The molecule has 2 aromatic carbocycles. The van der Waals surface area contributed by atoms with E-state index in [4.69, 9.17) is 22.8 Å². The molecule has 0 bridgehead atoms. The average Bonchev–Trinajstić information content (AvgIpc) is 2.84. The van der Waals surface area contributed by atoms with Crippen LogP contribution in [-0.4, -0.2) is 49.6 Å². The molecule has 0 aromatic heterocycles. The highest BCUT2D eigenvalue weighted by molar-refractivity contribution is 7.99. The molecular weight excluding hydrogens is 376 g/mol. The lowest BCUT2D eigenvalue weighted by atomic mass is 9.96. The molecule has 2 aliphatic heterocycles. The Hall–Kier alpha value is -1.64. The molecule has 140 valence electrons. The van der Waals surface area contributed by atoms with Gasteiger partial charge >= 0.3 is 0 Å². The van der Waals surface area contributed by atoms with Crippen molar-refractivity contribution >= 4 is 23.4 Å². The molecule has 4 rings (SSSR count). The first-order chi connectivity index (χ1) is 13.2. The zero-order valence-corrected chi connectivity index (χ0v) is 17.0. The lowest BCUT2D eigenvalue weighted by Crippen LogP contribution is -2.48. The van der Waals surface area contributed by atoms with E-state index in [-0.39, 0.29) is 0 Å². The van der Waals surface area contributed by atoms with Gasteiger partial charge in [0, 0.05) is 47.0 Å². The number of nitrogens with zero attached hydrogens (tertiary/aromatic N) is 2. The minimum Gasteiger partial charge on any atom is -0.497 e. The van der Waals surface area contributed by atoms with Crippen molar-refractivity contribution in [2.75, 3.05) is 39.8 Å². The molecule has 1 atom stereocenters. The van der Waals surface area contributed by atoms with Crippen molar-refractivity contribution in [3.63, 3.8) is 0 Å². The van der Waals surface area contributed by atoms with Gasteiger partial charge in [0.1, 0.15) is 5.75 Å². The maximum atomic E-state index is 6.38. The Morgan fingerprint density at radius 3 is 2.70 bits per heavy atom. The van der Waals surface area contributed by atoms with E-state index >= 15 is 0 Å². The third kappa shape index (κ3) is 3.97. The summed E-state index contributed by atoms with van der Waals surface area (Å²) in [5.41, 5.74) is 2.69. The highest BCUT2D eigenvalue weighted by atomic mass is 35.5. The van der Waals surface area contributed by atoms with Gasteiger partial charge in [0.15, 0.2) is 0 Å². The molecule has 0 aliphatic carbocycles. The smallest absolute Gasteiger partial charge is 0.120 e. The van der Waals surface area contributed by atoms with Crippen molar-refractivity contribution in [1.82, 2.24) is 9.80 Å². The van der Waals surface area contributed by atoms with Gasteiger partial charge < -0.3 is 4.74 Å². The predicted octanol–water partition coefficient (Wildman–Crippen LogP) is 4.35. The van der Waals surface area contributed by atoms with E-state index in [1.165, 1.54) is 20.9 Å². The first-order valence-corrected chi connectivity index (χ1v) is 10.4. The molecular formula is C22H23ClN2OS. The summed E-state index contributed by atoms with van der Waals surface area (Å²) in [5.74, 6) is 3.66. The van der Waals surface area contributed by atoms with Crippen molar-refractivity contribution in [3.05, 3.63) is 52.5 Å². The molecule has 0 radical (unpaired) electrons. The van der Waals surface area contributed by atoms with Gasteiger partial charge in [0.05, 0.1) is 13.7 Å². The van der Waals surface area contributed by atoms with Gasteiger partial charge in [-0.3, -0.25) is 9.80 Å². The Kier molecular flexibility index (Phi) is 5.66. The van der Waals surface area contributed by atoms with Crippen LogP contribution in [0.3, 0.4) is 0 Å². The fourth-order valence-electron chi connectivity index (χ4n) is 3.92. The first kappa shape index (κ1) is 18.7. The highest BCUT2D eigenvalue weighted by Gasteiger charge is 2.30. The van der Waals surface area contributed by atoms with Crippen LogP contribution < -0.4 is 4.74 Å². The van der Waals surface area contributed by atoms with E-state index in [9.17, 15) is 0 Å². The van der Waals surface area contributed by atoms with Crippen LogP contribution in [0.1, 0.15) is 17.2 Å². The van der Waals surface area contributed by atoms with Gasteiger partial charge in [-0.15, -0.1) is 6.42 Å². The van der Waals surface area contributed by atoms with E-state index in [1.807, 2.05) is 17.8 Å². The number of terminal acetylenes is 1. The van der Waals surface area contributed by atoms with Crippen molar-refractivity contribution < 1.29 is 4.74 Å². The lowest BCUT2D eigenvalue weighted by molar-refractivity contribution is 0.103.